The molecule has 102 valence electrons. The smallest absolute Gasteiger partial charge is 0.219 e. The second-order valence-corrected chi connectivity index (χ2v) is 6.05. The van der Waals surface area contributed by atoms with E-state index >= 15 is 0 Å². The summed E-state index contributed by atoms with van der Waals surface area (Å²) in [7, 11) is 1.61. The summed E-state index contributed by atoms with van der Waals surface area (Å²) in [5.41, 5.74) is 1.32. The van der Waals surface area contributed by atoms with E-state index in [1.807, 2.05) is 6.07 Å². The number of ether oxygens (including phenoxy) is 1. The van der Waals surface area contributed by atoms with Crippen LogP contribution in [0.25, 0.3) is 0 Å². The second kappa shape index (κ2) is 4.76. The summed E-state index contributed by atoms with van der Waals surface area (Å²) in [5.74, 6) is 1.02. The molecule has 0 amide bonds. The first-order valence-electron chi connectivity index (χ1n) is 6.54. The molecule has 2 fully saturated rings. The summed E-state index contributed by atoms with van der Waals surface area (Å²) >= 11 is 5.85. The van der Waals surface area contributed by atoms with Gasteiger partial charge in [-0.3, -0.25) is 9.69 Å². The fourth-order valence-corrected chi connectivity index (χ4v) is 3.41. The van der Waals surface area contributed by atoms with Crippen LogP contribution in [0, 0.1) is 5.41 Å². The Kier molecular flexibility index (Phi) is 3.23. The van der Waals surface area contributed by atoms with Crippen molar-refractivity contribution in [2.75, 3.05) is 20.2 Å². The molecule has 4 nitrogen and oxygen atoms in total. The third-order valence-electron chi connectivity index (χ3n) is 4.12. The molecule has 0 unspecified atom stereocenters. The second-order valence-electron chi connectivity index (χ2n) is 5.66. The van der Waals surface area contributed by atoms with E-state index in [0.29, 0.717) is 16.8 Å². The summed E-state index contributed by atoms with van der Waals surface area (Å²) in [4.78, 5) is 17.9. The number of carbonyl (C=O) groups is 1. The maximum absolute atomic E-state index is 11.4. The molecular weight excluding hydrogens is 264 g/mol. The third kappa shape index (κ3) is 2.47. The molecule has 0 bridgehead atoms. The largest absolute Gasteiger partial charge is 0.481 e. The van der Waals surface area contributed by atoms with Gasteiger partial charge >= 0.3 is 0 Å². The van der Waals surface area contributed by atoms with Crippen LogP contribution in [-0.2, 0) is 11.3 Å². The van der Waals surface area contributed by atoms with E-state index in [4.69, 9.17) is 16.3 Å². The van der Waals surface area contributed by atoms with Gasteiger partial charge in [0.15, 0.2) is 0 Å². The Morgan fingerprint density at radius 3 is 2.89 bits per heavy atom. The molecule has 19 heavy (non-hydrogen) atoms. The van der Waals surface area contributed by atoms with Crippen molar-refractivity contribution in [3.05, 3.63) is 22.8 Å². The fourth-order valence-electron chi connectivity index (χ4n) is 3.27. The van der Waals surface area contributed by atoms with E-state index in [-0.39, 0.29) is 5.41 Å². The van der Waals surface area contributed by atoms with Crippen molar-refractivity contribution in [3.63, 3.8) is 0 Å². The number of hydrogen-bond acceptors (Lipinski definition) is 4. The molecule has 1 saturated carbocycles. The standard InChI is InChI=1S/C14H17ClN2O2/c1-19-13-10(2-3-12(15)16-13)7-17-8-14(9-17)5-4-11(18)6-14/h2-3H,4-9H2,1H3. The van der Waals surface area contributed by atoms with Gasteiger partial charge in [0, 0.05) is 43.5 Å². The highest BCUT2D eigenvalue weighted by atomic mass is 35.5. The van der Waals surface area contributed by atoms with Gasteiger partial charge in [-0.25, -0.2) is 4.98 Å². The lowest BCUT2D eigenvalue weighted by molar-refractivity contribution is -0.119. The van der Waals surface area contributed by atoms with Crippen LogP contribution >= 0.6 is 11.6 Å². The average Bonchev–Trinajstić information content (AvgIpc) is 2.73. The number of ketones is 1. The van der Waals surface area contributed by atoms with Crippen molar-refractivity contribution in [1.29, 1.82) is 0 Å². The van der Waals surface area contributed by atoms with E-state index in [9.17, 15) is 4.79 Å². The lowest BCUT2D eigenvalue weighted by Gasteiger charge is -2.48. The van der Waals surface area contributed by atoms with Gasteiger partial charge in [-0.05, 0) is 18.6 Å². The zero-order valence-corrected chi connectivity index (χ0v) is 11.7. The molecule has 0 aromatic carbocycles. The molecule has 5 heteroatoms. The third-order valence-corrected chi connectivity index (χ3v) is 4.33. The minimum Gasteiger partial charge on any atom is -0.481 e. The van der Waals surface area contributed by atoms with Gasteiger partial charge in [-0.2, -0.15) is 0 Å². The number of methoxy groups -OCH3 is 1. The Bertz CT molecular complexity index is 512. The number of carbonyl (C=O) groups excluding carboxylic acids is 1. The van der Waals surface area contributed by atoms with E-state index in [1.165, 1.54) is 0 Å². The van der Waals surface area contributed by atoms with Crippen molar-refractivity contribution in [2.45, 2.75) is 25.8 Å². The normalized spacial score (nSPS) is 21.7. The lowest BCUT2D eigenvalue weighted by Crippen LogP contribution is -2.54. The van der Waals surface area contributed by atoms with Crippen molar-refractivity contribution < 1.29 is 9.53 Å². The molecule has 2 aliphatic rings. The Morgan fingerprint density at radius 1 is 1.47 bits per heavy atom. The lowest BCUT2D eigenvalue weighted by atomic mass is 9.78. The molecule has 3 rings (SSSR count). The predicted octanol–water partition coefficient (Wildman–Crippen LogP) is 2.30. The van der Waals surface area contributed by atoms with E-state index in [0.717, 1.165) is 44.5 Å². The average molecular weight is 281 g/mol. The van der Waals surface area contributed by atoms with Gasteiger partial charge in [-0.15, -0.1) is 0 Å². The number of rotatable bonds is 3. The Balaban J connectivity index is 1.63. The molecule has 1 saturated heterocycles. The van der Waals surface area contributed by atoms with Crippen LogP contribution in [0.5, 0.6) is 5.88 Å². The summed E-state index contributed by atoms with van der Waals surface area (Å²) in [6, 6.07) is 3.74. The zero-order valence-electron chi connectivity index (χ0n) is 11.0. The summed E-state index contributed by atoms with van der Waals surface area (Å²) < 4.78 is 5.25. The summed E-state index contributed by atoms with van der Waals surface area (Å²) in [5, 5.41) is 0.446. The Morgan fingerprint density at radius 2 is 2.26 bits per heavy atom. The monoisotopic (exact) mass is 280 g/mol. The maximum Gasteiger partial charge on any atom is 0.219 e. The van der Waals surface area contributed by atoms with Crippen molar-refractivity contribution in [2.24, 2.45) is 5.41 Å². The first-order valence-corrected chi connectivity index (χ1v) is 6.91. The first-order chi connectivity index (χ1) is 9.10. The fraction of sp³-hybridized carbons (Fsp3) is 0.571. The topological polar surface area (TPSA) is 42.4 Å². The van der Waals surface area contributed by atoms with E-state index in [1.54, 1.807) is 13.2 Å². The molecule has 1 spiro atoms. The number of pyridine rings is 1. The van der Waals surface area contributed by atoms with Crippen LogP contribution in [0.1, 0.15) is 24.8 Å². The highest BCUT2D eigenvalue weighted by molar-refractivity contribution is 6.29. The highest BCUT2D eigenvalue weighted by Gasteiger charge is 2.47. The van der Waals surface area contributed by atoms with Crippen LogP contribution in [-0.4, -0.2) is 35.9 Å². The molecule has 0 N–H and O–H groups in total. The van der Waals surface area contributed by atoms with Crippen molar-refractivity contribution >= 4 is 17.4 Å². The van der Waals surface area contributed by atoms with Gasteiger partial charge < -0.3 is 4.74 Å². The number of hydrogen-bond donors (Lipinski definition) is 0. The SMILES string of the molecule is COc1nc(Cl)ccc1CN1CC2(CCC(=O)C2)C1. The van der Waals surface area contributed by atoms with Crippen LogP contribution in [0.15, 0.2) is 12.1 Å². The Labute approximate surface area is 117 Å². The molecule has 0 atom stereocenters. The number of Topliss-reactive ketones (excluding diaryl/α,β-unsaturated/α-hetero) is 1. The van der Waals surface area contributed by atoms with Gasteiger partial charge in [-0.1, -0.05) is 11.6 Å². The number of nitrogens with zero attached hydrogens (tertiary/aromatic N) is 2. The van der Waals surface area contributed by atoms with Gasteiger partial charge in [0.2, 0.25) is 5.88 Å². The van der Waals surface area contributed by atoms with E-state index < -0.39 is 0 Å². The number of likely N-dealkylation sites (tertiary alicyclic amines) is 1. The summed E-state index contributed by atoms with van der Waals surface area (Å²) in [6.07, 6.45) is 2.58. The number of halogens is 1. The van der Waals surface area contributed by atoms with Crippen molar-refractivity contribution in [3.8, 4) is 5.88 Å². The zero-order chi connectivity index (χ0) is 13.5. The first kappa shape index (κ1) is 12.9. The molecular formula is C14H17ClN2O2. The van der Waals surface area contributed by atoms with Crippen molar-refractivity contribution in [1.82, 2.24) is 9.88 Å². The highest BCUT2D eigenvalue weighted by Crippen LogP contribution is 2.44. The van der Waals surface area contributed by atoms with Crippen LogP contribution in [0.2, 0.25) is 5.15 Å². The van der Waals surface area contributed by atoms with Gasteiger partial charge in [0.05, 0.1) is 7.11 Å². The van der Waals surface area contributed by atoms with Crippen LogP contribution < -0.4 is 4.74 Å². The van der Waals surface area contributed by atoms with Crippen LogP contribution in [0.3, 0.4) is 0 Å². The minimum absolute atomic E-state index is 0.268. The molecule has 1 aliphatic carbocycles. The quantitative estimate of drug-likeness (QED) is 0.797. The molecule has 1 aromatic rings. The van der Waals surface area contributed by atoms with Gasteiger partial charge in [0.1, 0.15) is 10.9 Å². The van der Waals surface area contributed by atoms with Gasteiger partial charge in [0.25, 0.3) is 0 Å². The Hall–Kier alpha value is -1.13. The number of aromatic nitrogens is 1. The molecule has 1 aliphatic heterocycles. The maximum atomic E-state index is 11.4. The summed E-state index contributed by atoms with van der Waals surface area (Å²) in [6.45, 7) is 2.82. The minimum atomic E-state index is 0.268. The predicted molar refractivity (Wildman–Crippen MR) is 72.4 cm³/mol. The molecule has 2 heterocycles. The van der Waals surface area contributed by atoms with E-state index in [2.05, 4.69) is 9.88 Å². The van der Waals surface area contributed by atoms with Crippen LogP contribution in [0.4, 0.5) is 0 Å². The molecule has 0 radical (unpaired) electrons. The molecule has 1 aromatic heterocycles.